The summed E-state index contributed by atoms with van der Waals surface area (Å²) in [6, 6.07) is 0. The van der Waals surface area contributed by atoms with Crippen LogP contribution >= 0.6 is 0 Å². The van der Waals surface area contributed by atoms with Crippen LogP contribution in [0.4, 0.5) is 4.79 Å². The SMILES string of the molecule is CC(C)(C)OC(=O)N1CCOC(C(O)C(=O)O)C1. The molecular weight excluding hydrogens is 242 g/mol. The highest BCUT2D eigenvalue weighted by Gasteiger charge is 2.34. The second-order valence-corrected chi connectivity index (χ2v) is 5.12. The topological polar surface area (TPSA) is 96.3 Å². The number of carboxylic acids is 1. The van der Waals surface area contributed by atoms with Crippen molar-refractivity contribution in [1.82, 2.24) is 4.90 Å². The molecule has 0 aromatic heterocycles. The van der Waals surface area contributed by atoms with Gasteiger partial charge < -0.3 is 24.6 Å². The highest BCUT2D eigenvalue weighted by atomic mass is 16.6. The molecule has 2 N–H and O–H groups in total. The Hall–Kier alpha value is -1.34. The van der Waals surface area contributed by atoms with Gasteiger partial charge in [-0.1, -0.05) is 0 Å². The Morgan fingerprint density at radius 2 is 2.06 bits per heavy atom. The number of nitrogens with zero attached hydrogens (tertiary/aromatic N) is 1. The number of aliphatic hydroxyl groups excluding tert-OH is 1. The average Bonchev–Trinajstić information content (AvgIpc) is 2.25. The van der Waals surface area contributed by atoms with Gasteiger partial charge in [0.1, 0.15) is 11.7 Å². The van der Waals surface area contributed by atoms with E-state index in [1.165, 1.54) is 4.90 Å². The summed E-state index contributed by atoms with van der Waals surface area (Å²) in [5, 5.41) is 18.1. The number of carbonyl (C=O) groups is 2. The van der Waals surface area contributed by atoms with Gasteiger partial charge in [-0.15, -0.1) is 0 Å². The molecule has 1 amide bonds. The van der Waals surface area contributed by atoms with Gasteiger partial charge in [0.25, 0.3) is 0 Å². The van der Waals surface area contributed by atoms with Crippen molar-refractivity contribution < 1.29 is 29.3 Å². The third-order valence-electron chi connectivity index (χ3n) is 2.35. The lowest BCUT2D eigenvalue weighted by atomic mass is 10.1. The fourth-order valence-corrected chi connectivity index (χ4v) is 1.52. The Kier molecular flexibility index (Phi) is 4.53. The number of hydrogen-bond acceptors (Lipinski definition) is 5. The van der Waals surface area contributed by atoms with E-state index in [1.807, 2.05) is 0 Å². The van der Waals surface area contributed by atoms with Gasteiger partial charge in [0, 0.05) is 6.54 Å². The summed E-state index contributed by atoms with van der Waals surface area (Å²) in [7, 11) is 0. The predicted octanol–water partition coefficient (Wildman–Crippen LogP) is 0.0678. The van der Waals surface area contributed by atoms with Crippen LogP contribution in [0, 0.1) is 0 Å². The maximum Gasteiger partial charge on any atom is 0.410 e. The molecule has 1 fully saturated rings. The Morgan fingerprint density at radius 1 is 1.44 bits per heavy atom. The Labute approximate surface area is 105 Å². The van der Waals surface area contributed by atoms with Crippen molar-refractivity contribution in [3.63, 3.8) is 0 Å². The molecule has 0 bridgehead atoms. The Morgan fingerprint density at radius 3 is 2.56 bits per heavy atom. The number of amides is 1. The molecule has 1 heterocycles. The summed E-state index contributed by atoms with van der Waals surface area (Å²) < 4.78 is 10.3. The third-order valence-corrected chi connectivity index (χ3v) is 2.35. The molecule has 0 saturated carbocycles. The second-order valence-electron chi connectivity index (χ2n) is 5.12. The monoisotopic (exact) mass is 261 g/mol. The molecule has 18 heavy (non-hydrogen) atoms. The van der Waals surface area contributed by atoms with Gasteiger partial charge in [0.2, 0.25) is 0 Å². The number of ether oxygens (including phenoxy) is 2. The minimum atomic E-state index is -1.64. The summed E-state index contributed by atoms with van der Waals surface area (Å²) in [4.78, 5) is 23.7. The predicted molar refractivity (Wildman–Crippen MR) is 61.2 cm³/mol. The lowest BCUT2D eigenvalue weighted by molar-refractivity contribution is -0.160. The van der Waals surface area contributed by atoms with Crippen molar-refractivity contribution in [3.8, 4) is 0 Å². The maximum absolute atomic E-state index is 11.8. The first-order chi connectivity index (χ1) is 8.20. The highest BCUT2D eigenvalue weighted by Crippen LogP contribution is 2.14. The summed E-state index contributed by atoms with van der Waals surface area (Å²) in [5.41, 5.74) is -0.615. The zero-order chi connectivity index (χ0) is 13.9. The molecule has 1 rings (SSSR count). The third kappa shape index (κ3) is 4.15. The van der Waals surface area contributed by atoms with Gasteiger partial charge in [-0.25, -0.2) is 9.59 Å². The number of carboxylic acid groups (broad SMARTS) is 1. The molecular formula is C11H19NO6. The second kappa shape index (κ2) is 5.53. The molecule has 1 aliphatic rings. The van der Waals surface area contributed by atoms with E-state index in [4.69, 9.17) is 14.6 Å². The van der Waals surface area contributed by atoms with Crippen molar-refractivity contribution >= 4 is 12.1 Å². The van der Waals surface area contributed by atoms with Gasteiger partial charge in [-0.2, -0.15) is 0 Å². The number of rotatable bonds is 2. The van der Waals surface area contributed by atoms with Crippen molar-refractivity contribution in [3.05, 3.63) is 0 Å². The van der Waals surface area contributed by atoms with Gasteiger partial charge >= 0.3 is 12.1 Å². The van der Waals surface area contributed by atoms with E-state index >= 15 is 0 Å². The number of morpholine rings is 1. The summed E-state index contributed by atoms with van der Waals surface area (Å²) in [6.45, 7) is 5.73. The molecule has 1 aliphatic heterocycles. The minimum absolute atomic E-state index is 0.00236. The van der Waals surface area contributed by atoms with Crippen LogP contribution < -0.4 is 0 Å². The molecule has 1 saturated heterocycles. The van der Waals surface area contributed by atoms with Crippen LogP contribution in [0.2, 0.25) is 0 Å². The Balaban J connectivity index is 2.58. The normalized spacial score (nSPS) is 22.4. The quantitative estimate of drug-likeness (QED) is 0.730. The van der Waals surface area contributed by atoms with Crippen molar-refractivity contribution in [2.24, 2.45) is 0 Å². The van der Waals surface area contributed by atoms with Crippen LogP contribution in [0.3, 0.4) is 0 Å². The van der Waals surface area contributed by atoms with E-state index in [-0.39, 0.29) is 13.2 Å². The molecule has 0 aliphatic carbocycles. The molecule has 7 nitrogen and oxygen atoms in total. The fraction of sp³-hybridized carbons (Fsp3) is 0.818. The van der Waals surface area contributed by atoms with Crippen LogP contribution in [0.1, 0.15) is 20.8 Å². The van der Waals surface area contributed by atoms with Gasteiger partial charge in [0.05, 0.1) is 13.2 Å². The van der Waals surface area contributed by atoms with E-state index in [1.54, 1.807) is 20.8 Å². The van der Waals surface area contributed by atoms with Crippen molar-refractivity contribution in [1.29, 1.82) is 0 Å². The average molecular weight is 261 g/mol. The van der Waals surface area contributed by atoms with E-state index in [2.05, 4.69) is 0 Å². The van der Waals surface area contributed by atoms with E-state index < -0.39 is 29.9 Å². The number of hydrogen-bond donors (Lipinski definition) is 2. The molecule has 0 radical (unpaired) electrons. The molecule has 0 spiro atoms. The first-order valence-electron chi connectivity index (χ1n) is 5.71. The van der Waals surface area contributed by atoms with Crippen molar-refractivity contribution in [2.45, 2.75) is 38.6 Å². The zero-order valence-corrected chi connectivity index (χ0v) is 10.8. The molecule has 2 atom stereocenters. The molecule has 104 valence electrons. The maximum atomic E-state index is 11.8. The molecule has 2 unspecified atom stereocenters. The lowest BCUT2D eigenvalue weighted by Crippen LogP contribution is -2.52. The number of aliphatic hydroxyl groups is 1. The first-order valence-corrected chi connectivity index (χ1v) is 5.71. The minimum Gasteiger partial charge on any atom is -0.479 e. The van der Waals surface area contributed by atoms with Gasteiger partial charge in [-0.05, 0) is 20.8 Å². The van der Waals surface area contributed by atoms with E-state index in [9.17, 15) is 14.7 Å². The summed E-state index contributed by atoms with van der Waals surface area (Å²) >= 11 is 0. The number of carbonyl (C=O) groups excluding carboxylic acids is 1. The highest BCUT2D eigenvalue weighted by molar-refractivity contribution is 5.73. The van der Waals surface area contributed by atoms with Crippen LogP contribution in [0.25, 0.3) is 0 Å². The summed E-state index contributed by atoms with van der Waals surface area (Å²) in [6.07, 6.45) is -3.10. The van der Waals surface area contributed by atoms with E-state index in [0.29, 0.717) is 6.54 Å². The fourth-order valence-electron chi connectivity index (χ4n) is 1.52. The number of aliphatic carboxylic acids is 1. The molecule has 7 heteroatoms. The van der Waals surface area contributed by atoms with Gasteiger partial charge in [-0.3, -0.25) is 0 Å². The Bertz CT molecular complexity index is 324. The van der Waals surface area contributed by atoms with Gasteiger partial charge in [0.15, 0.2) is 6.10 Å². The summed E-state index contributed by atoms with van der Waals surface area (Å²) in [5.74, 6) is -1.37. The molecule has 0 aromatic carbocycles. The van der Waals surface area contributed by atoms with E-state index in [0.717, 1.165) is 0 Å². The van der Waals surface area contributed by atoms with Crippen LogP contribution in [0.5, 0.6) is 0 Å². The van der Waals surface area contributed by atoms with Crippen molar-refractivity contribution in [2.75, 3.05) is 19.7 Å². The van der Waals surface area contributed by atoms with Crippen LogP contribution in [0.15, 0.2) is 0 Å². The lowest BCUT2D eigenvalue weighted by Gasteiger charge is -2.35. The smallest absolute Gasteiger partial charge is 0.410 e. The first kappa shape index (κ1) is 14.7. The zero-order valence-electron chi connectivity index (χ0n) is 10.8. The van der Waals surface area contributed by atoms with Crippen LogP contribution in [-0.2, 0) is 14.3 Å². The van der Waals surface area contributed by atoms with Crippen LogP contribution in [-0.4, -0.2) is 64.7 Å². The standard InChI is InChI=1S/C11H19NO6/c1-11(2,3)18-10(16)12-4-5-17-7(6-12)8(13)9(14)15/h7-8,13H,4-6H2,1-3H3,(H,14,15). The largest absolute Gasteiger partial charge is 0.479 e. The molecule has 0 aromatic rings.